The first kappa shape index (κ1) is 11.8. The third-order valence-corrected chi connectivity index (χ3v) is 1.79. The predicted molar refractivity (Wildman–Crippen MR) is 49.7 cm³/mol. The number of hydrogen-bond donors (Lipinski definition) is 0. The molecule has 0 aromatic heterocycles. The maximum absolute atomic E-state index is 11.2. The van der Waals surface area contributed by atoms with Gasteiger partial charge in [-0.3, -0.25) is 9.59 Å². The molecule has 84 valence electrons. The molecule has 0 aromatic rings. The topological polar surface area (TPSA) is 86.7 Å². The van der Waals surface area contributed by atoms with Crippen LogP contribution in [0, 0.1) is 0 Å². The molecule has 16 heavy (non-hydrogen) atoms. The van der Waals surface area contributed by atoms with Crippen molar-refractivity contribution >= 4 is 23.5 Å². The molecular formula is C10H8O6. The van der Waals surface area contributed by atoms with E-state index in [2.05, 4.69) is 16.4 Å². The van der Waals surface area contributed by atoms with Crippen molar-refractivity contribution in [2.24, 2.45) is 0 Å². The van der Waals surface area contributed by atoms with Crippen molar-refractivity contribution in [1.29, 1.82) is 0 Å². The van der Waals surface area contributed by atoms with Crippen molar-refractivity contribution in [3.63, 3.8) is 0 Å². The number of carbonyl (C=O) groups is 4. The average molecular weight is 224 g/mol. The van der Waals surface area contributed by atoms with Crippen molar-refractivity contribution in [3.05, 3.63) is 24.3 Å². The second kappa shape index (κ2) is 5.01. The van der Waals surface area contributed by atoms with Crippen LogP contribution in [0.5, 0.6) is 0 Å². The summed E-state index contributed by atoms with van der Waals surface area (Å²) < 4.78 is 0. The second-order valence-electron chi connectivity index (χ2n) is 2.92. The smallest absolute Gasteiger partial charge is 0.295 e. The molecule has 6 heteroatoms. The van der Waals surface area contributed by atoms with Crippen LogP contribution in [0.4, 0.5) is 0 Å². The van der Waals surface area contributed by atoms with Gasteiger partial charge in [0, 0.05) is 18.9 Å². The van der Waals surface area contributed by atoms with Gasteiger partial charge in [-0.05, 0) is 6.08 Å². The van der Waals surface area contributed by atoms with Gasteiger partial charge in [-0.2, -0.15) is 0 Å². The van der Waals surface area contributed by atoms with Crippen LogP contribution in [0.3, 0.4) is 0 Å². The van der Waals surface area contributed by atoms with Gasteiger partial charge in [0.25, 0.3) is 0 Å². The number of Topliss-reactive ketones (excluding diaryl/α,β-unsaturated/α-hetero) is 1. The molecule has 1 rings (SSSR count). The summed E-state index contributed by atoms with van der Waals surface area (Å²) in [5.41, 5.74) is -0.409. The summed E-state index contributed by atoms with van der Waals surface area (Å²) in [5.74, 6) is -2.99. The van der Waals surface area contributed by atoms with Crippen LogP contribution < -0.4 is 0 Å². The molecule has 0 unspecified atom stereocenters. The highest BCUT2D eigenvalue weighted by Crippen LogP contribution is 2.13. The quantitative estimate of drug-likeness (QED) is 0.284. The first-order valence-corrected chi connectivity index (χ1v) is 4.37. The number of ketones is 2. The van der Waals surface area contributed by atoms with Crippen molar-refractivity contribution in [2.75, 3.05) is 0 Å². The molecule has 0 amide bonds. The summed E-state index contributed by atoms with van der Waals surface area (Å²) >= 11 is 0. The summed E-state index contributed by atoms with van der Waals surface area (Å²) in [7, 11) is 0. The van der Waals surface area contributed by atoms with E-state index in [-0.39, 0.29) is 18.6 Å². The largest absolute Gasteiger partial charge is 0.390 e. The SMILES string of the molecule is C=CC(=O)OOC(=O)C1=CC(=O)CCC1=O. The van der Waals surface area contributed by atoms with Gasteiger partial charge in [-0.15, -0.1) is 0 Å². The summed E-state index contributed by atoms with van der Waals surface area (Å²) in [6.07, 6.45) is 1.70. The molecule has 0 radical (unpaired) electrons. The first-order chi connectivity index (χ1) is 7.54. The highest BCUT2D eigenvalue weighted by Gasteiger charge is 2.26. The Hall–Kier alpha value is -2.24. The first-order valence-electron chi connectivity index (χ1n) is 4.37. The third kappa shape index (κ3) is 2.88. The highest BCUT2D eigenvalue weighted by molar-refractivity contribution is 6.23. The van der Waals surface area contributed by atoms with E-state index in [1.54, 1.807) is 0 Å². The molecular weight excluding hydrogens is 216 g/mol. The fourth-order valence-corrected chi connectivity index (χ4v) is 1.02. The Kier molecular flexibility index (Phi) is 3.71. The fourth-order valence-electron chi connectivity index (χ4n) is 1.02. The summed E-state index contributed by atoms with van der Waals surface area (Å²) in [5, 5.41) is 0. The van der Waals surface area contributed by atoms with Crippen molar-refractivity contribution in [2.45, 2.75) is 12.8 Å². The minimum Gasteiger partial charge on any atom is -0.295 e. The van der Waals surface area contributed by atoms with E-state index in [9.17, 15) is 19.2 Å². The van der Waals surface area contributed by atoms with Crippen LogP contribution in [0.1, 0.15) is 12.8 Å². The molecule has 0 N–H and O–H groups in total. The Bertz CT molecular complexity index is 404. The Morgan fingerprint density at radius 1 is 1.25 bits per heavy atom. The molecule has 0 aromatic carbocycles. The van der Waals surface area contributed by atoms with Crippen LogP contribution in [0.2, 0.25) is 0 Å². The lowest BCUT2D eigenvalue weighted by Gasteiger charge is -2.08. The second-order valence-corrected chi connectivity index (χ2v) is 2.92. The van der Waals surface area contributed by atoms with Crippen LogP contribution >= 0.6 is 0 Å². The molecule has 0 saturated heterocycles. The Morgan fingerprint density at radius 3 is 2.56 bits per heavy atom. The normalized spacial score (nSPS) is 15.1. The number of carbonyl (C=O) groups excluding carboxylic acids is 4. The van der Waals surface area contributed by atoms with Gasteiger partial charge in [-0.25, -0.2) is 19.4 Å². The van der Waals surface area contributed by atoms with Crippen molar-refractivity contribution in [1.82, 2.24) is 0 Å². The number of hydrogen-bond acceptors (Lipinski definition) is 6. The van der Waals surface area contributed by atoms with E-state index in [4.69, 9.17) is 0 Å². The minimum atomic E-state index is -1.16. The molecule has 0 fully saturated rings. The predicted octanol–water partition coefficient (Wildman–Crippen LogP) is 0.0322. The van der Waals surface area contributed by atoms with E-state index in [1.165, 1.54) is 0 Å². The Labute approximate surface area is 90.4 Å². The van der Waals surface area contributed by atoms with Crippen molar-refractivity contribution in [3.8, 4) is 0 Å². The summed E-state index contributed by atoms with van der Waals surface area (Å²) in [6, 6.07) is 0. The molecule has 0 bridgehead atoms. The van der Waals surface area contributed by atoms with Crippen molar-refractivity contribution < 1.29 is 29.0 Å². The fraction of sp³-hybridized carbons (Fsp3) is 0.200. The van der Waals surface area contributed by atoms with Crippen LogP contribution in [-0.2, 0) is 29.0 Å². The lowest BCUT2D eigenvalue weighted by atomic mass is 9.97. The number of allylic oxidation sites excluding steroid dienone is 1. The van der Waals surface area contributed by atoms with Gasteiger partial charge in [0.15, 0.2) is 11.6 Å². The van der Waals surface area contributed by atoms with Gasteiger partial charge in [0.05, 0.1) is 0 Å². The van der Waals surface area contributed by atoms with E-state index in [0.29, 0.717) is 0 Å². The van der Waals surface area contributed by atoms with Gasteiger partial charge >= 0.3 is 11.9 Å². The van der Waals surface area contributed by atoms with E-state index in [1.807, 2.05) is 0 Å². The molecule has 0 spiro atoms. The number of rotatable bonds is 2. The highest BCUT2D eigenvalue weighted by atomic mass is 17.2. The van der Waals surface area contributed by atoms with Crippen LogP contribution in [-0.4, -0.2) is 23.5 Å². The molecule has 1 aliphatic carbocycles. The molecule has 6 nitrogen and oxygen atoms in total. The van der Waals surface area contributed by atoms with E-state index < -0.39 is 23.3 Å². The maximum atomic E-state index is 11.2. The van der Waals surface area contributed by atoms with Gasteiger partial charge < -0.3 is 0 Å². The summed E-state index contributed by atoms with van der Waals surface area (Å²) in [6.45, 7) is 3.08. The Balaban J connectivity index is 2.66. The van der Waals surface area contributed by atoms with Crippen LogP contribution in [0.25, 0.3) is 0 Å². The molecule has 1 aliphatic rings. The monoisotopic (exact) mass is 224 g/mol. The lowest BCUT2D eigenvalue weighted by Crippen LogP contribution is -2.22. The standard InChI is InChI=1S/C10H8O6/c1-2-9(13)15-16-10(14)7-5-6(11)3-4-8(7)12/h2,5H,1,3-4H2. The lowest BCUT2D eigenvalue weighted by molar-refractivity contribution is -0.251. The molecule has 0 atom stereocenters. The zero-order valence-electron chi connectivity index (χ0n) is 8.23. The Morgan fingerprint density at radius 2 is 1.94 bits per heavy atom. The van der Waals surface area contributed by atoms with Gasteiger partial charge in [0.1, 0.15) is 5.57 Å². The van der Waals surface area contributed by atoms with Gasteiger partial charge in [-0.1, -0.05) is 6.58 Å². The van der Waals surface area contributed by atoms with Gasteiger partial charge in [0.2, 0.25) is 0 Å². The zero-order chi connectivity index (χ0) is 12.1. The zero-order valence-corrected chi connectivity index (χ0v) is 8.23. The molecule has 0 heterocycles. The summed E-state index contributed by atoms with van der Waals surface area (Å²) in [4.78, 5) is 52.0. The average Bonchev–Trinajstić information content (AvgIpc) is 2.28. The van der Waals surface area contributed by atoms with Crippen LogP contribution in [0.15, 0.2) is 24.3 Å². The van der Waals surface area contributed by atoms with E-state index in [0.717, 1.165) is 12.2 Å². The minimum absolute atomic E-state index is 0.0465. The maximum Gasteiger partial charge on any atom is 0.390 e. The third-order valence-electron chi connectivity index (χ3n) is 1.79. The van der Waals surface area contributed by atoms with E-state index >= 15 is 0 Å². The molecule has 0 saturated carbocycles. The molecule has 0 aliphatic heterocycles.